The number of hydrogen-bond acceptors (Lipinski definition) is 3. The van der Waals surface area contributed by atoms with Crippen LogP contribution in [0.5, 0.6) is 5.75 Å². The fraction of sp³-hybridized carbons (Fsp3) is 0.500. The number of ether oxygens (including phenoxy) is 1. The van der Waals surface area contributed by atoms with E-state index in [2.05, 4.69) is 25.8 Å². The summed E-state index contributed by atoms with van der Waals surface area (Å²) in [6.45, 7) is 5.88. The van der Waals surface area contributed by atoms with Crippen LogP contribution >= 0.6 is 0 Å². The summed E-state index contributed by atoms with van der Waals surface area (Å²) < 4.78 is 5.97. The van der Waals surface area contributed by atoms with Gasteiger partial charge >= 0.3 is 5.97 Å². The van der Waals surface area contributed by atoms with Gasteiger partial charge in [0.15, 0.2) is 0 Å². The van der Waals surface area contributed by atoms with E-state index in [0.29, 0.717) is 11.7 Å². The molecule has 0 aromatic heterocycles. The Kier molecular flexibility index (Phi) is 3.57. The van der Waals surface area contributed by atoms with Crippen molar-refractivity contribution in [3.8, 4) is 5.75 Å². The molecule has 0 unspecified atom stereocenters. The van der Waals surface area contributed by atoms with Crippen molar-refractivity contribution in [3.05, 3.63) is 29.3 Å². The molecule has 1 N–H and O–H groups in total. The van der Waals surface area contributed by atoms with Crippen LogP contribution < -0.4 is 4.74 Å². The van der Waals surface area contributed by atoms with Crippen molar-refractivity contribution >= 4 is 5.97 Å². The molecule has 0 aliphatic carbocycles. The van der Waals surface area contributed by atoms with E-state index in [1.165, 1.54) is 0 Å². The predicted molar refractivity (Wildman–Crippen MR) is 69.0 cm³/mol. The zero-order chi connectivity index (χ0) is 13.3. The smallest absolute Gasteiger partial charge is 0.335 e. The maximum Gasteiger partial charge on any atom is 0.335 e. The van der Waals surface area contributed by atoms with Crippen LogP contribution in [0, 0.1) is 5.92 Å². The van der Waals surface area contributed by atoms with Crippen LogP contribution in [0.2, 0.25) is 0 Å². The van der Waals surface area contributed by atoms with Crippen LogP contribution in [0.3, 0.4) is 0 Å². The topological polar surface area (TPSA) is 49.8 Å². The maximum absolute atomic E-state index is 11.0. The molecule has 18 heavy (non-hydrogen) atoms. The molecule has 0 spiro atoms. The van der Waals surface area contributed by atoms with E-state index in [0.717, 1.165) is 18.7 Å². The lowest BCUT2D eigenvalue weighted by Crippen LogP contribution is -2.33. The molecule has 1 aliphatic rings. The third-order valence-corrected chi connectivity index (χ3v) is 3.27. The van der Waals surface area contributed by atoms with Crippen molar-refractivity contribution in [2.24, 2.45) is 5.92 Å². The molecule has 0 saturated heterocycles. The standard InChI is InChI=1S/C14H19NO3/c1-9(2)13-8-15(3)7-11-5-4-10(14(16)17)6-12(11)18-13/h4-6,9,13H,7-8H2,1-3H3,(H,16,17)/t13-/m0/s1. The monoisotopic (exact) mass is 249 g/mol. The number of carboxylic acid groups (broad SMARTS) is 1. The Morgan fingerprint density at radius 3 is 2.83 bits per heavy atom. The summed E-state index contributed by atoms with van der Waals surface area (Å²) >= 11 is 0. The largest absolute Gasteiger partial charge is 0.488 e. The Bertz CT molecular complexity index is 456. The Labute approximate surface area is 107 Å². The van der Waals surface area contributed by atoms with E-state index < -0.39 is 5.97 Å². The van der Waals surface area contributed by atoms with Crippen LogP contribution in [-0.4, -0.2) is 35.7 Å². The van der Waals surface area contributed by atoms with Crippen molar-refractivity contribution < 1.29 is 14.6 Å². The molecule has 0 bridgehead atoms. The summed E-state index contributed by atoms with van der Waals surface area (Å²) in [5.74, 6) is 0.185. The van der Waals surface area contributed by atoms with Crippen LogP contribution in [0.1, 0.15) is 29.8 Å². The van der Waals surface area contributed by atoms with E-state index in [-0.39, 0.29) is 11.7 Å². The third kappa shape index (κ3) is 2.64. The summed E-state index contributed by atoms with van der Waals surface area (Å²) in [7, 11) is 2.05. The first kappa shape index (κ1) is 12.9. The minimum Gasteiger partial charge on any atom is -0.488 e. The first-order valence-corrected chi connectivity index (χ1v) is 6.19. The van der Waals surface area contributed by atoms with Gasteiger partial charge in [-0.15, -0.1) is 0 Å². The van der Waals surface area contributed by atoms with Gasteiger partial charge in [0.2, 0.25) is 0 Å². The van der Waals surface area contributed by atoms with E-state index >= 15 is 0 Å². The Morgan fingerprint density at radius 1 is 1.50 bits per heavy atom. The third-order valence-electron chi connectivity index (χ3n) is 3.27. The maximum atomic E-state index is 11.0. The number of fused-ring (bicyclic) bond motifs is 1. The van der Waals surface area contributed by atoms with Crippen LogP contribution in [0.15, 0.2) is 18.2 Å². The van der Waals surface area contributed by atoms with Crippen LogP contribution in [0.4, 0.5) is 0 Å². The Morgan fingerprint density at radius 2 is 2.22 bits per heavy atom. The van der Waals surface area contributed by atoms with Gasteiger partial charge in [-0.05, 0) is 25.1 Å². The quantitative estimate of drug-likeness (QED) is 0.873. The number of rotatable bonds is 2. The lowest BCUT2D eigenvalue weighted by Gasteiger charge is -2.23. The van der Waals surface area contributed by atoms with Gasteiger partial charge in [-0.3, -0.25) is 4.90 Å². The molecule has 0 saturated carbocycles. The van der Waals surface area contributed by atoms with Gasteiger partial charge in [0.05, 0.1) is 5.56 Å². The highest BCUT2D eigenvalue weighted by atomic mass is 16.5. The summed E-state index contributed by atoms with van der Waals surface area (Å²) in [5, 5.41) is 9.02. The first-order chi connectivity index (χ1) is 8.47. The first-order valence-electron chi connectivity index (χ1n) is 6.19. The number of benzene rings is 1. The number of nitrogens with zero attached hydrogens (tertiary/aromatic N) is 1. The number of aromatic carboxylic acids is 1. The summed E-state index contributed by atoms with van der Waals surface area (Å²) in [6.07, 6.45) is 0.0975. The molecule has 1 aliphatic heterocycles. The second kappa shape index (κ2) is 4.98. The molecule has 1 atom stereocenters. The molecule has 4 nitrogen and oxygen atoms in total. The molecular formula is C14H19NO3. The van der Waals surface area contributed by atoms with Crippen LogP contribution in [-0.2, 0) is 6.54 Å². The Hall–Kier alpha value is -1.55. The average Bonchev–Trinajstić information content (AvgIpc) is 2.45. The van der Waals surface area contributed by atoms with Gasteiger partial charge in [0, 0.05) is 18.7 Å². The van der Waals surface area contributed by atoms with Crippen molar-refractivity contribution in [1.29, 1.82) is 0 Å². The van der Waals surface area contributed by atoms with Crippen molar-refractivity contribution in [2.75, 3.05) is 13.6 Å². The highest BCUT2D eigenvalue weighted by Gasteiger charge is 2.24. The number of likely N-dealkylation sites (N-methyl/N-ethyl adjacent to an activating group) is 1. The van der Waals surface area contributed by atoms with E-state index in [1.807, 2.05) is 6.07 Å². The fourth-order valence-electron chi connectivity index (χ4n) is 2.14. The highest BCUT2D eigenvalue weighted by molar-refractivity contribution is 5.88. The summed E-state index contributed by atoms with van der Waals surface area (Å²) in [4.78, 5) is 13.2. The molecule has 1 aromatic rings. The van der Waals surface area contributed by atoms with Gasteiger partial charge in [0.25, 0.3) is 0 Å². The second-order valence-electron chi connectivity index (χ2n) is 5.22. The van der Waals surface area contributed by atoms with Gasteiger partial charge in [-0.1, -0.05) is 19.9 Å². The fourth-order valence-corrected chi connectivity index (χ4v) is 2.14. The van der Waals surface area contributed by atoms with Gasteiger partial charge in [-0.25, -0.2) is 4.79 Å². The lowest BCUT2D eigenvalue weighted by atomic mass is 10.1. The zero-order valence-electron chi connectivity index (χ0n) is 11.0. The normalized spacial score (nSPS) is 20.1. The summed E-state index contributed by atoms with van der Waals surface area (Å²) in [5.41, 5.74) is 1.33. The molecule has 0 radical (unpaired) electrons. The molecule has 98 valence electrons. The van der Waals surface area contributed by atoms with Crippen LogP contribution in [0.25, 0.3) is 0 Å². The van der Waals surface area contributed by atoms with E-state index in [9.17, 15) is 4.79 Å². The zero-order valence-corrected chi connectivity index (χ0v) is 11.0. The molecular weight excluding hydrogens is 230 g/mol. The van der Waals surface area contributed by atoms with Crippen molar-refractivity contribution in [2.45, 2.75) is 26.5 Å². The number of carboxylic acids is 1. The SMILES string of the molecule is CC(C)[C@@H]1CN(C)Cc2ccc(C(=O)O)cc2O1. The minimum absolute atomic E-state index is 0.0975. The highest BCUT2D eigenvalue weighted by Crippen LogP contribution is 2.27. The van der Waals surface area contributed by atoms with Gasteiger partial charge in [0.1, 0.15) is 11.9 Å². The minimum atomic E-state index is -0.917. The molecule has 4 heteroatoms. The summed E-state index contributed by atoms with van der Waals surface area (Å²) in [6, 6.07) is 5.11. The van der Waals surface area contributed by atoms with E-state index in [4.69, 9.17) is 9.84 Å². The molecule has 0 amide bonds. The predicted octanol–water partition coefficient (Wildman–Crippen LogP) is 2.23. The lowest BCUT2D eigenvalue weighted by molar-refractivity contribution is 0.0695. The average molecular weight is 249 g/mol. The molecule has 1 heterocycles. The molecule has 0 fully saturated rings. The van der Waals surface area contributed by atoms with E-state index in [1.54, 1.807) is 12.1 Å². The second-order valence-corrected chi connectivity index (χ2v) is 5.22. The number of carbonyl (C=O) groups is 1. The molecule has 1 aromatic carbocycles. The van der Waals surface area contributed by atoms with Crippen molar-refractivity contribution in [3.63, 3.8) is 0 Å². The molecule has 2 rings (SSSR count). The Balaban J connectivity index is 2.36. The number of hydrogen-bond donors (Lipinski definition) is 1. The van der Waals surface area contributed by atoms with Gasteiger partial charge in [-0.2, -0.15) is 0 Å². The van der Waals surface area contributed by atoms with Crippen molar-refractivity contribution in [1.82, 2.24) is 4.90 Å². The van der Waals surface area contributed by atoms with Gasteiger partial charge < -0.3 is 9.84 Å².